The van der Waals surface area contributed by atoms with Crippen LogP contribution >= 0.6 is 0 Å². The highest BCUT2D eigenvalue weighted by molar-refractivity contribution is 5.94. The molecule has 10 nitrogen and oxygen atoms in total. The van der Waals surface area contributed by atoms with Gasteiger partial charge in [-0.15, -0.1) is 0 Å². The van der Waals surface area contributed by atoms with E-state index in [9.17, 15) is 5.26 Å². The molecule has 0 saturated carbocycles. The minimum atomic E-state index is 0.132. The molecule has 1 saturated heterocycles. The van der Waals surface area contributed by atoms with E-state index in [0.29, 0.717) is 24.4 Å². The normalized spacial score (nSPS) is 16.4. The number of nitrogens with zero attached hydrogens (tertiary/aromatic N) is 8. The lowest BCUT2D eigenvalue weighted by atomic mass is 9.99. The largest absolute Gasteiger partial charge is 0.354 e. The van der Waals surface area contributed by atoms with Gasteiger partial charge in [-0.25, -0.2) is 9.98 Å². The molecule has 194 valence electrons. The van der Waals surface area contributed by atoms with Gasteiger partial charge in [0.2, 0.25) is 11.9 Å². The number of nitrogens with one attached hydrogen (secondary N) is 2. The Labute approximate surface area is 219 Å². The average Bonchev–Trinajstić information content (AvgIpc) is 2.91. The van der Waals surface area contributed by atoms with E-state index in [4.69, 9.17) is 9.98 Å². The van der Waals surface area contributed by atoms with Gasteiger partial charge in [-0.1, -0.05) is 19.9 Å². The molecule has 37 heavy (non-hydrogen) atoms. The summed E-state index contributed by atoms with van der Waals surface area (Å²) in [4.78, 5) is 25.2. The minimum absolute atomic E-state index is 0.132. The highest BCUT2D eigenvalue weighted by Crippen LogP contribution is 2.27. The second-order valence-electron chi connectivity index (χ2n) is 9.79. The number of nitriles is 1. The number of aliphatic imine (C=N–C) groups is 1. The molecule has 0 spiro atoms. The quantitative estimate of drug-likeness (QED) is 0.158. The summed E-state index contributed by atoms with van der Waals surface area (Å²) in [6.07, 6.45) is 6.70. The number of hydrogen-bond acceptors (Lipinski definition) is 8. The maximum Gasteiger partial charge on any atom is 0.224 e. The maximum absolute atomic E-state index is 9.55. The first-order valence-electron chi connectivity index (χ1n) is 12.8. The number of rotatable bonds is 8. The van der Waals surface area contributed by atoms with Crippen molar-refractivity contribution < 1.29 is 0 Å². The number of anilines is 2. The van der Waals surface area contributed by atoms with Crippen molar-refractivity contribution in [2.75, 3.05) is 57.0 Å². The summed E-state index contributed by atoms with van der Waals surface area (Å²) in [5, 5.41) is 16.7. The predicted octanol–water partition coefficient (Wildman–Crippen LogP) is 3.29. The summed E-state index contributed by atoms with van der Waals surface area (Å²) < 4.78 is 0. The lowest BCUT2D eigenvalue weighted by molar-refractivity contribution is 0.220. The lowest BCUT2D eigenvalue weighted by Crippen LogP contribution is -2.59. The molecule has 3 heterocycles. The third kappa shape index (κ3) is 6.62. The van der Waals surface area contributed by atoms with Crippen LogP contribution in [0, 0.1) is 17.4 Å². The summed E-state index contributed by atoms with van der Waals surface area (Å²) in [6.45, 7) is 8.46. The van der Waals surface area contributed by atoms with E-state index in [1.54, 1.807) is 6.20 Å². The van der Waals surface area contributed by atoms with Crippen LogP contribution in [0.2, 0.25) is 0 Å². The van der Waals surface area contributed by atoms with Crippen molar-refractivity contribution in [3.05, 3.63) is 48.8 Å². The number of aromatic nitrogens is 3. The number of hydrogen-bond donors (Lipinski definition) is 2. The Hall–Kier alpha value is -3.97. The Kier molecular flexibility index (Phi) is 8.69. The zero-order chi connectivity index (χ0) is 26.2. The topological polar surface area (TPSA) is 109 Å². The van der Waals surface area contributed by atoms with E-state index in [1.807, 2.05) is 42.6 Å². The van der Waals surface area contributed by atoms with Gasteiger partial charge in [0.15, 0.2) is 6.19 Å². The average molecular weight is 501 g/mol. The Morgan fingerprint density at radius 3 is 2.81 bits per heavy atom. The van der Waals surface area contributed by atoms with Crippen molar-refractivity contribution in [2.24, 2.45) is 10.9 Å². The Morgan fingerprint density at radius 1 is 1.16 bits per heavy atom. The van der Waals surface area contributed by atoms with Gasteiger partial charge in [-0.3, -0.25) is 10.3 Å². The van der Waals surface area contributed by atoms with Crippen LogP contribution in [-0.2, 0) is 0 Å². The molecule has 10 heteroatoms. The second-order valence-corrected chi connectivity index (χ2v) is 9.79. The van der Waals surface area contributed by atoms with Gasteiger partial charge in [0.05, 0.1) is 17.2 Å². The number of guanidine groups is 1. The summed E-state index contributed by atoms with van der Waals surface area (Å²) in [7, 11) is 4.15. The molecule has 1 fully saturated rings. The van der Waals surface area contributed by atoms with Crippen LogP contribution in [-0.4, -0.2) is 83.6 Å². The molecule has 0 radical (unpaired) electrons. The first kappa shape index (κ1) is 26.1. The third-order valence-electron chi connectivity index (χ3n) is 6.51. The van der Waals surface area contributed by atoms with Gasteiger partial charge >= 0.3 is 0 Å². The monoisotopic (exact) mass is 500 g/mol. The van der Waals surface area contributed by atoms with Crippen molar-refractivity contribution in [3.63, 3.8) is 0 Å². The van der Waals surface area contributed by atoms with Crippen molar-refractivity contribution in [1.82, 2.24) is 30.1 Å². The molecule has 2 aromatic heterocycles. The van der Waals surface area contributed by atoms with Crippen molar-refractivity contribution in [3.8, 4) is 6.19 Å². The zero-order valence-electron chi connectivity index (χ0n) is 22.1. The fraction of sp³-hybridized carbons (Fsp3) is 0.444. The second kappa shape index (κ2) is 12.3. The van der Waals surface area contributed by atoms with Gasteiger partial charge in [0, 0.05) is 44.0 Å². The fourth-order valence-corrected chi connectivity index (χ4v) is 4.57. The van der Waals surface area contributed by atoms with E-state index in [0.717, 1.165) is 55.0 Å². The van der Waals surface area contributed by atoms with Crippen LogP contribution in [0.25, 0.3) is 10.9 Å². The van der Waals surface area contributed by atoms with Gasteiger partial charge in [0.1, 0.15) is 5.82 Å². The zero-order valence-corrected chi connectivity index (χ0v) is 22.1. The molecule has 1 aliphatic heterocycles. The van der Waals surface area contributed by atoms with Gasteiger partial charge < -0.3 is 20.0 Å². The Bertz CT molecular complexity index is 1240. The molecule has 4 rings (SSSR count). The summed E-state index contributed by atoms with van der Waals surface area (Å²) in [6, 6.07) is 11.9. The standard InChI is InChI=1S/C27H36N10/c1-20(2)24-18-36(25-11-14-31-26(34-25)30-13-7-15-35(3)4)16-17-37(24)27(32-19-28)33-23-10-5-9-22-21(23)8-6-12-29-22/h5-6,8-12,14,20,24H,7,13,15-18H2,1-4H3,(H,32,33)(H,30,31,34). The van der Waals surface area contributed by atoms with Crippen LogP contribution in [0.1, 0.15) is 20.3 Å². The van der Waals surface area contributed by atoms with E-state index in [2.05, 4.69) is 69.4 Å². The molecule has 3 aromatic rings. The summed E-state index contributed by atoms with van der Waals surface area (Å²) in [5.74, 6) is 2.44. The fourth-order valence-electron chi connectivity index (χ4n) is 4.57. The van der Waals surface area contributed by atoms with Gasteiger partial charge in [-0.2, -0.15) is 10.2 Å². The van der Waals surface area contributed by atoms with Crippen molar-refractivity contribution in [2.45, 2.75) is 26.3 Å². The van der Waals surface area contributed by atoms with Gasteiger partial charge in [-0.05, 0) is 63.3 Å². The van der Waals surface area contributed by atoms with E-state index < -0.39 is 0 Å². The van der Waals surface area contributed by atoms with Crippen molar-refractivity contribution >= 4 is 34.3 Å². The molecule has 1 atom stereocenters. The number of piperazine rings is 1. The predicted molar refractivity (Wildman–Crippen MR) is 149 cm³/mol. The van der Waals surface area contributed by atoms with Crippen LogP contribution in [0.15, 0.2) is 53.8 Å². The maximum atomic E-state index is 9.55. The third-order valence-corrected chi connectivity index (χ3v) is 6.51. The molecule has 0 bridgehead atoms. The van der Waals surface area contributed by atoms with E-state index in [-0.39, 0.29) is 6.04 Å². The van der Waals surface area contributed by atoms with E-state index >= 15 is 0 Å². The molecular weight excluding hydrogens is 464 g/mol. The van der Waals surface area contributed by atoms with Crippen molar-refractivity contribution in [1.29, 1.82) is 5.26 Å². The molecule has 2 N–H and O–H groups in total. The highest BCUT2D eigenvalue weighted by Gasteiger charge is 2.32. The van der Waals surface area contributed by atoms with E-state index in [1.165, 1.54) is 0 Å². The van der Waals surface area contributed by atoms with Crippen LogP contribution in [0.4, 0.5) is 17.5 Å². The molecule has 1 aliphatic rings. The summed E-state index contributed by atoms with van der Waals surface area (Å²) in [5.41, 5.74) is 1.66. The highest BCUT2D eigenvalue weighted by atomic mass is 15.4. The SMILES string of the molecule is CC(C)C1CN(c2ccnc(NCCCN(C)C)n2)CCN1C(=Nc1cccc2ncccc12)NC#N. The summed E-state index contributed by atoms with van der Waals surface area (Å²) >= 11 is 0. The molecule has 1 unspecified atom stereocenters. The van der Waals surface area contributed by atoms with Crippen LogP contribution in [0.5, 0.6) is 0 Å². The van der Waals surface area contributed by atoms with Crippen LogP contribution in [0.3, 0.4) is 0 Å². The Balaban J connectivity index is 1.53. The molecule has 0 amide bonds. The van der Waals surface area contributed by atoms with Gasteiger partial charge in [0.25, 0.3) is 0 Å². The smallest absolute Gasteiger partial charge is 0.224 e. The molecular formula is C27H36N10. The first-order valence-corrected chi connectivity index (χ1v) is 12.8. The number of benzene rings is 1. The molecule has 1 aromatic carbocycles. The number of pyridine rings is 1. The molecule has 0 aliphatic carbocycles. The first-order chi connectivity index (χ1) is 18.0. The lowest BCUT2D eigenvalue weighted by Gasteiger charge is -2.44. The van der Waals surface area contributed by atoms with Crippen LogP contribution < -0.4 is 15.5 Å². The minimum Gasteiger partial charge on any atom is -0.354 e. The Morgan fingerprint density at radius 2 is 2.03 bits per heavy atom. The number of fused-ring (bicyclic) bond motifs is 1.